The summed E-state index contributed by atoms with van der Waals surface area (Å²) in [4.78, 5) is 72.7. The molecule has 0 saturated heterocycles. The molecule has 0 aromatic heterocycles. The standard InChI is InChI=1S/C79H134O17P2/c1-5-9-13-17-21-25-29-32-35-36-39-41-45-48-52-56-60-64-77(82)90-70-75(96-79(84)66-62-58-54-50-46-42-38-34-31-27-23-19-15-11-7-3)72-94-98(87,88)92-68-73(80)67-91-97(85,86)93-71-74(95-78(83)65-61-57-53-49-43-28-24-20-16-12-8-4)69-89-76(81)63-59-55-51-47-44-40-37-33-30-26-22-18-14-10-6-2/h9,11,13,15,20-21,23-25,27,32-35,37-38,46,50,58,62,73-75,80H,5-8,10,12,14,16-19,22,26,28-31,36,39-45,47-49,51-57,59-61,63-72H2,1-4H3,(H,85,86)(H,87,88)/b13-9-,15-11-,24-20-,25-21-,27-23-,35-32-,37-33-,38-34-,50-46-,62-58-. The maximum absolute atomic E-state index is 13.1. The number of aliphatic hydroxyl groups excluding tert-OH is 1. The zero-order valence-electron chi connectivity index (χ0n) is 61.2. The van der Waals surface area contributed by atoms with E-state index < -0.39 is 97.5 Å². The predicted octanol–water partition coefficient (Wildman–Crippen LogP) is 21.6. The number of carbonyl (C=O) groups excluding carboxylic acids is 4. The number of unbranched alkanes of at least 4 members (excludes halogenated alkanes) is 25. The Balaban J connectivity index is 5.40. The summed E-state index contributed by atoms with van der Waals surface area (Å²) < 4.78 is 68.2. The zero-order valence-corrected chi connectivity index (χ0v) is 63.0. The van der Waals surface area contributed by atoms with Crippen molar-refractivity contribution in [1.82, 2.24) is 0 Å². The molecule has 0 aromatic rings. The Morgan fingerprint density at radius 1 is 0.306 bits per heavy atom. The summed E-state index contributed by atoms with van der Waals surface area (Å²) in [6.07, 6.45) is 76.6. The lowest BCUT2D eigenvalue weighted by Gasteiger charge is -2.21. The monoisotopic (exact) mass is 1420 g/mol. The van der Waals surface area contributed by atoms with Gasteiger partial charge in [-0.15, -0.1) is 0 Å². The third kappa shape index (κ3) is 69.9. The number of allylic oxidation sites excluding steroid dienone is 19. The van der Waals surface area contributed by atoms with Crippen molar-refractivity contribution in [2.24, 2.45) is 0 Å². The third-order valence-electron chi connectivity index (χ3n) is 15.4. The van der Waals surface area contributed by atoms with Gasteiger partial charge >= 0.3 is 39.5 Å². The van der Waals surface area contributed by atoms with Crippen molar-refractivity contribution in [2.45, 2.75) is 316 Å². The van der Waals surface area contributed by atoms with Crippen molar-refractivity contribution >= 4 is 39.5 Å². The first-order valence-corrected chi connectivity index (χ1v) is 40.8. The van der Waals surface area contributed by atoms with Crippen LogP contribution in [0.3, 0.4) is 0 Å². The van der Waals surface area contributed by atoms with Gasteiger partial charge in [-0.05, 0) is 128 Å². The number of carbonyl (C=O) groups is 4. The molecule has 5 atom stereocenters. The minimum absolute atomic E-state index is 0.0794. The van der Waals surface area contributed by atoms with Crippen LogP contribution < -0.4 is 0 Å². The van der Waals surface area contributed by atoms with Crippen LogP contribution in [-0.2, 0) is 65.4 Å². The average molecular weight is 1420 g/mol. The first-order chi connectivity index (χ1) is 47.7. The molecule has 0 heterocycles. The van der Waals surface area contributed by atoms with Crippen LogP contribution in [0.2, 0.25) is 0 Å². The van der Waals surface area contributed by atoms with Gasteiger partial charge in [0.1, 0.15) is 19.3 Å². The van der Waals surface area contributed by atoms with E-state index in [9.17, 15) is 43.2 Å². The van der Waals surface area contributed by atoms with Gasteiger partial charge in [-0.3, -0.25) is 37.3 Å². The SMILES string of the molecule is CC/C=C\C/C=C\C/C=C\C/C=C\C/C=C\CC(=O)OC(COC(=O)CCCCCCCCC/C=C\C/C=C\C/C=C\CC)COP(=O)(O)OCC(O)COP(=O)(O)OCC(COC(=O)CCCCCCC/C=C\CCCCCCCC)OC(=O)CCCCCCC/C=C\CCCC. The second-order valence-corrected chi connectivity index (χ2v) is 27.7. The van der Waals surface area contributed by atoms with Crippen LogP contribution in [-0.4, -0.2) is 96.7 Å². The van der Waals surface area contributed by atoms with Crippen LogP contribution in [0.15, 0.2) is 122 Å². The number of phosphoric acid groups is 2. The van der Waals surface area contributed by atoms with Gasteiger partial charge in [-0.2, -0.15) is 0 Å². The topological polar surface area (TPSA) is 237 Å². The van der Waals surface area contributed by atoms with Gasteiger partial charge < -0.3 is 33.8 Å². The van der Waals surface area contributed by atoms with E-state index in [4.69, 9.17) is 37.0 Å². The second kappa shape index (κ2) is 70.9. The molecular weight excluding hydrogens is 1280 g/mol. The maximum Gasteiger partial charge on any atom is 0.472 e. The molecule has 0 aliphatic heterocycles. The Labute approximate surface area is 593 Å². The van der Waals surface area contributed by atoms with Gasteiger partial charge in [-0.1, -0.05) is 265 Å². The van der Waals surface area contributed by atoms with Gasteiger partial charge in [0.05, 0.1) is 32.8 Å². The molecule has 0 fully saturated rings. The Morgan fingerprint density at radius 3 is 0.949 bits per heavy atom. The maximum atomic E-state index is 13.1. The summed E-state index contributed by atoms with van der Waals surface area (Å²) in [5.74, 6) is -2.35. The van der Waals surface area contributed by atoms with E-state index in [0.717, 1.165) is 167 Å². The molecule has 5 unspecified atom stereocenters. The fraction of sp³-hybridized carbons (Fsp3) is 0.696. The van der Waals surface area contributed by atoms with Gasteiger partial charge in [0.25, 0.3) is 0 Å². The molecule has 17 nitrogen and oxygen atoms in total. The summed E-state index contributed by atoms with van der Waals surface area (Å²) in [5.41, 5.74) is 0. The molecule has 562 valence electrons. The molecule has 0 bridgehead atoms. The summed E-state index contributed by atoms with van der Waals surface area (Å²) in [6, 6.07) is 0. The summed E-state index contributed by atoms with van der Waals surface area (Å²) in [6.45, 7) is 4.46. The van der Waals surface area contributed by atoms with Gasteiger partial charge in [-0.25, -0.2) is 9.13 Å². The Hall–Kier alpha value is -4.54. The third-order valence-corrected chi connectivity index (χ3v) is 17.3. The molecule has 0 aliphatic rings. The number of hydrogen-bond donors (Lipinski definition) is 3. The highest BCUT2D eigenvalue weighted by Gasteiger charge is 2.30. The Bertz CT molecular complexity index is 2340. The quantitative estimate of drug-likeness (QED) is 0.0169. The van der Waals surface area contributed by atoms with Crippen molar-refractivity contribution in [3.63, 3.8) is 0 Å². The average Bonchev–Trinajstić information content (AvgIpc) is 0.980. The number of hydrogen-bond acceptors (Lipinski definition) is 15. The first-order valence-electron chi connectivity index (χ1n) is 37.8. The van der Waals surface area contributed by atoms with Crippen LogP contribution in [0.1, 0.15) is 297 Å². The largest absolute Gasteiger partial charge is 0.472 e. The second-order valence-electron chi connectivity index (χ2n) is 24.8. The Kier molecular flexibility index (Phi) is 67.6. The molecule has 0 saturated carbocycles. The van der Waals surface area contributed by atoms with Crippen molar-refractivity contribution in [2.75, 3.05) is 39.6 Å². The highest BCUT2D eigenvalue weighted by molar-refractivity contribution is 7.47. The molecular formula is C79H134O17P2. The first kappa shape index (κ1) is 93.5. The van der Waals surface area contributed by atoms with E-state index in [1.807, 2.05) is 12.2 Å². The van der Waals surface area contributed by atoms with E-state index >= 15 is 0 Å². The summed E-state index contributed by atoms with van der Waals surface area (Å²) in [5, 5.41) is 10.6. The minimum Gasteiger partial charge on any atom is -0.462 e. The highest BCUT2D eigenvalue weighted by atomic mass is 31.2. The van der Waals surface area contributed by atoms with E-state index in [0.29, 0.717) is 25.7 Å². The van der Waals surface area contributed by atoms with Crippen LogP contribution in [0.4, 0.5) is 0 Å². The number of ether oxygens (including phenoxy) is 4. The van der Waals surface area contributed by atoms with Gasteiger partial charge in [0, 0.05) is 19.3 Å². The van der Waals surface area contributed by atoms with Crippen LogP contribution >= 0.6 is 15.6 Å². The van der Waals surface area contributed by atoms with Crippen LogP contribution in [0.25, 0.3) is 0 Å². The van der Waals surface area contributed by atoms with Crippen LogP contribution in [0, 0.1) is 0 Å². The van der Waals surface area contributed by atoms with Crippen LogP contribution in [0.5, 0.6) is 0 Å². The molecule has 0 spiro atoms. The molecule has 0 rings (SSSR count). The summed E-state index contributed by atoms with van der Waals surface area (Å²) in [7, 11) is -9.98. The molecule has 98 heavy (non-hydrogen) atoms. The number of aliphatic hydroxyl groups is 1. The van der Waals surface area contributed by atoms with E-state index in [1.165, 1.54) is 51.4 Å². The van der Waals surface area contributed by atoms with E-state index in [2.05, 4.69) is 125 Å². The molecule has 0 aliphatic carbocycles. The molecule has 0 amide bonds. The lowest BCUT2D eigenvalue weighted by Crippen LogP contribution is -2.30. The lowest BCUT2D eigenvalue weighted by atomic mass is 10.1. The fourth-order valence-electron chi connectivity index (χ4n) is 9.70. The molecule has 0 radical (unpaired) electrons. The van der Waals surface area contributed by atoms with Crippen molar-refractivity contribution < 1.29 is 80.2 Å². The molecule has 19 heteroatoms. The summed E-state index contributed by atoms with van der Waals surface area (Å²) >= 11 is 0. The van der Waals surface area contributed by atoms with E-state index in [1.54, 1.807) is 12.2 Å². The van der Waals surface area contributed by atoms with Crippen molar-refractivity contribution in [3.05, 3.63) is 122 Å². The Morgan fingerprint density at radius 2 is 0.582 bits per heavy atom. The number of esters is 4. The van der Waals surface area contributed by atoms with Gasteiger partial charge in [0.2, 0.25) is 0 Å². The van der Waals surface area contributed by atoms with Crippen molar-refractivity contribution in [1.29, 1.82) is 0 Å². The fourth-order valence-corrected chi connectivity index (χ4v) is 11.3. The molecule has 0 aromatic carbocycles. The van der Waals surface area contributed by atoms with Crippen molar-refractivity contribution in [3.8, 4) is 0 Å². The van der Waals surface area contributed by atoms with Gasteiger partial charge in [0.15, 0.2) is 12.2 Å². The highest BCUT2D eigenvalue weighted by Crippen LogP contribution is 2.45. The number of rotatable bonds is 70. The minimum atomic E-state index is -5.00. The zero-order chi connectivity index (χ0) is 71.8. The normalized spacial score (nSPS) is 14.6. The predicted molar refractivity (Wildman–Crippen MR) is 399 cm³/mol. The van der Waals surface area contributed by atoms with E-state index in [-0.39, 0.29) is 25.7 Å². The molecule has 3 N–H and O–H groups in total. The lowest BCUT2D eigenvalue weighted by molar-refractivity contribution is -0.161. The smallest absolute Gasteiger partial charge is 0.462 e. The number of phosphoric ester groups is 2.